The molecule has 0 saturated heterocycles. The molecule has 4 aromatic heterocycles. The van der Waals surface area contributed by atoms with E-state index in [0.29, 0.717) is 11.4 Å². The predicted molar refractivity (Wildman–Crippen MR) is 270 cm³/mol. The molecular weight excluding hydrogens is 805 g/mol. The minimum absolute atomic E-state index is 0.0301. The zero-order chi connectivity index (χ0) is 46.2. The van der Waals surface area contributed by atoms with Gasteiger partial charge in [0.25, 0.3) is 0 Å². The Morgan fingerprint density at radius 2 is 0.646 bits per heavy atom. The normalized spacial score (nSPS) is 11.4. The van der Waals surface area contributed by atoms with Gasteiger partial charge in [-0.15, -0.1) is 0 Å². The van der Waals surface area contributed by atoms with Crippen LogP contribution < -0.4 is 0 Å². The van der Waals surface area contributed by atoms with Gasteiger partial charge in [-0.3, -0.25) is 9.97 Å². The number of nitrogens with zero attached hydrogens (tertiary/aromatic N) is 4. The maximum Gasteiger partial charge on any atom is 0.335 e. The molecule has 0 amide bonds. The number of rotatable bonds is 38. The number of pyridine rings is 4. The molecule has 0 aliphatic heterocycles. The monoisotopic (exact) mass is 889 g/mol. The minimum Gasteiger partial charge on any atom is -0.478 e. The van der Waals surface area contributed by atoms with Crippen molar-refractivity contribution in [3.8, 4) is 34.2 Å². The van der Waals surface area contributed by atoms with Crippen LogP contribution >= 0.6 is 0 Å². The number of hydrogen-bond acceptors (Lipinski definition) is 6. The topological polar surface area (TPSA) is 126 Å². The van der Waals surface area contributed by atoms with Gasteiger partial charge in [0.05, 0.1) is 45.3 Å². The zero-order valence-electron chi connectivity index (χ0n) is 40.6. The van der Waals surface area contributed by atoms with Crippen LogP contribution in [0, 0.1) is 0 Å². The van der Waals surface area contributed by atoms with Crippen LogP contribution in [0.25, 0.3) is 34.2 Å². The summed E-state index contributed by atoms with van der Waals surface area (Å²) < 4.78 is 0. The van der Waals surface area contributed by atoms with Crippen molar-refractivity contribution in [2.24, 2.45) is 0 Å². The Morgan fingerprint density at radius 3 is 1.06 bits per heavy atom. The Morgan fingerprint density at radius 1 is 0.354 bits per heavy atom. The first-order valence-electron chi connectivity index (χ1n) is 26.3. The van der Waals surface area contributed by atoms with E-state index in [1.165, 1.54) is 216 Å². The SMILES string of the molecule is CCCCCCCCCCCCCCCCCCCc1ccnc(-c2cc(CCCCCCCCCCCCCCCC)cc(-c3cc(C(=O)O)cc(-c4cc(C(=O)O)ccn4)n3)n2)c1. The summed E-state index contributed by atoms with van der Waals surface area (Å²) in [4.78, 5) is 43.2. The fraction of sp³-hybridized carbons (Fsp3) is 0.614. The molecule has 0 saturated carbocycles. The average molecular weight is 889 g/mol. The van der Waals surface area contributed by atoms with E-state index in [-0.39, 0.29) is 22.5 Å². The fourth-order valence-corrected chi connectivity index (χ4v) is 8.96. The molecule has 0 bridgehead atoms. The number of aryl methyl sites for hydroxylation is 2. The average Bonchev–Trinajstić information content (AvgIpc) is 3.32. The van der Waals surface area contributed by atoms with Gasteiger partial charge in [0.2, 0.25) is 0 Å². The van der Waals surface area contributed by atoms with E-state index in [1.807, 2.05) is 12.3 Å². The highest BCUT2D eigenvalue weighted by Crippen LogP contribution is 2.29. The molecule has 0 aliphatic rings. The molecule has 65 heavy (non-hydrogen) atoms. The second kappa shape index (κ2) is 33.1. The first-order chi connectivity index (χ1) is 31.9. The molecule has 4 heterocycles. The Kier molecular flexibility index (Phi) is 27.1. The van der Waals surface area contributed by atoms with Crippen molar-refractivity contribution in [3.63, 3.8) is 0 Å². The van der Waals surface area contributed by atoms with Crippen molar-refractivity contribution in [2.75, 3.05) is 0 Å². The maximum atomic E-state index is 12.4. The summed E-state index contributed by atoms with van der Waals surface area (Å²) in [5, 5.41) is 19.7. The van der Waals surface area contributed by atoms with Gasteiger partial charge in [-0.05, 0) is 85.3 Å². The second-order valence-electron chi connectivity index (χ2n) is 18.7. The van der Waals surface area contributed by atoms with E-state index in [1.54, 1.807) is 0 Å². The number of hydrogen-bond donors (Lipinski definition) is 2. The predicted octanol–water partition coefficient (Wildman–Crippen LogP) is 16.9. The molecule has 8 nitrogen and oxygen atoms in total. The van der Waals surface area contributed by atoms with E-state index >= 15 is 0 Å². The molecule has 4 aromatic rings. The van der Waals surface area contributed by atoms with E-state index < -0.39 is 11.9 Å². The first-order valence-corrected chi connectivity index (χ1v) is 26.3. The number of aromatic nitrogens is 4. The molecule has 0 fully saturated rings. The molecular formula is C57H84N4O4. The minimum atomic E-state index is -1.11. The lowest BCUT2D eigenvalue weighted by Crippen LogP contribution is -2.03. The molecule has 0 atom stereocenters. The van der Waals surface area contributed by atoms with Crippen molar-refractivity contribution >= 4 is 11.9 Å². The molecule has 0 aromatic carbocycles. The molecule has 0 spiro atoms. The summed E-state index contributed by atoms with van der Waals surface area (Å²) in [6, 6.07) is 14.2. The van der Waals surface area contributed by atoms with Crippen LogP contribution in [-0.2, 0) is 12.8 Å². The van der Waals surface area contributed by atoms with Gasteiger partial charge in [0.15, 0.2) is 0 Å². The molecule has 2 N–H and O–H groups in total. The van der Waals surface area contributed by atoms with Crippen molar-refractivity contribution in [1.29, 1.82) is 0 Å². The van der Waals surface area contributed by atoms with Crippen molar-refractivity contribution < 1.29 is 19.8 Å². The van der Waals surface area contributed by atoms with Crippen LogP contribution in [0.15, 0.2) is 60.9 Å². The molecule has 356 valence electrons. The summed E-state index contributed by atoms with van der Waals surface area (Å²) in [5.41, 5.74) is 5.48. The summed E-state index contributed by atoms with van der Waals surface area (Å²) in [6.45, 7) is 4.56. The van der Waals surface area contributed by atoms with Gasteiger partial charge >= 0.3 is 11.9 Å². The third-order valence-electron chi connectivity index (χ3n) is 13.0. The van der Waals surface area contributed by atoms with E-state index in [4.69, 9.17) is 15.0 Å². The quantitative estimate of drug-likeness (QED) is 0.0426. The third-order valence-corrected chi connectivity index (χ3v) is 13.0. The number of carbonyl (C=O) groups is 2. The molecule has 4 rings (SSSR count). The smallest absolute Gasteiger partial charge is 0.335 e. The van der Waals surface area contributed by atoms with Crippen LogP contribution in [0.5, 0.6) is 0 Å². The Balaban J connectivity index is 1.33. The second-order valence-corrected chi connectivity index (χ2v) is 18.7. The van der Waals surface area contributed by atoms with Gasteiger partial charge in [0, 0.05) is 12.4 Å². The van der Waals surface area contributed by atoms with E-state index in [0.717, 1.165) is 49.1 Å². The standard InChI is InChI=1S/C57H84N4O4/c1-3-5-7-9-11-13-15-17-19-20-21-23-24-26-28-30-32-34-46-36-38-58-50(40-46)52-41-47(35-33-31-29-27-25-22-18-16-14-12-10-8-6-4-2)42-53(60-52)55-45-49(57(64)65)44-54(61-55)51-43-48(56(62)63)37-39-59-51/h36-45H,3-35H2,1-2H3,(H,62,63)(H,64,65). The van der Waals surface area contributed by atoms with Crippen LogP contribution in [0.2, 0.25) is 0 Å². The number of unbranched alkanes of at least 4 members (excludes halogenated alkanes) is 29. The van der Waals surface area contributed by atoms with Gasteiger partial charge in [-0.2, -0.15) is 0 Å². The summed E-state index contributed by atoms with van der Waals surface area (Å²) in [7, 11) is 0. The lowest BCUT2D eigenvalue weighted by Gasteiger charge is -2.12. The Labute approximate surface area is 393 Å². The van der Waals surface area contributed by atoms with Crippen LogP contribution in [-0.4, -0.2) is 42.1 Å². The van der Waals surface area contributed by atoms with E-state index in [2.05, 4.69) is 37.0 Å². The summed E-state index contributed by atoms with van der Waals surface area (Å²) in [5.74, 6) is -2.20. The summed E-state index contributed by atoms with van der Waals surface area (Å²) in [6.07, 6.45) is 46.5. The van der Waals surface area contributed by atoms with Crippen LogP contribution in [0.1, 0.15) is 245 Å². The highest BCUT2D eigenvalue weighted by molar-refractivity contribution is 5.91. The van der Waals surface area contributed by atoms with Crippen LogP contribution in [0.3, 0.4) is 0 Å². The third kappa shape index (κ3) is 22.1. The lowest BCUT2D eigenvalue weighted by molar-refractivity contribution is 0.0686. The van der Waals surface area contributed by atoms with Gasteiger partial charge in [-0.1, -0.05) is 200 Å². The highest BCUT2D eigenvalue weighted by atomic mass is 16.4. The first kappa shape index (κ1) is 53.2. The molecule has 0 aliphatic carbocycles. The van der Waals surface area contributed by atoms with Gasteiger partial charge < -0.3 is 10.2 Å². The van der Waals surface area contributed by atoms with Gasteiger partial charge in [0.1, 0.15) is 0 Å². The number of carboxylic acid groups (broad SMARTS) is 2. The van der Waals surface area contributed by atoms with Crippen molar-refractivity contribution in [3.05, 3.63) is 83.2 Å². The van der Waals surface area contributed by atoms with Crippen molar-refractivity contribution in [2.45, 2.75) is 226 Å². The zero-order valence-corrected chi connectivity index (χ0v) is 40.6. The summed E-state index contributed by atoms with van der Waals surface area (Å²) >= 11 is 0. The maximum absolute atomic E-state index is 12.4. The van der Waals surface area contributed by atoms with E-state index in [9.17, 15) is 19.8 Å². The van der Waals surface area contributed by atoms with Crippen molar-refractivity contribution in [1.82, 2.24) is 19.9 Å². The lowest BCUT2D eigenvalue weighted by atomic mass is 10.0. The Hall–Kier alpha value is -4.46. The number of aromatic carboxylic acids is 2. The highest BCUT2D eigenvalue weighted by Gasteiger charge is 2.17. The van der Waals surface area contributed by atoms with Crippen LogP contribution in [0.4, 0.5) is 0 Å². The fourth-order valence-electron chi connectivity index (χ4n) is 8.96. The largest absolute Gasteiger partial charge is 0.478 e. The molecule has 8 heteroatoms. The number of carboxylic acids is 2. The van der Waals surface area contributed by atoms with Gasteiger partial charge in [-0.25, -0.2) is 19.6 Å². The molecule has 0 radical (unpaired) electrons. The Bertz CT molecular complexity index is 1930. The molecule has 0 unspecified atom stereocenters.